The molecule has 0 aliphatic rings. The molecule has 0 atom stereocenters. The molecule has 0 radical (unpaired) electrons. The van der Waals surface area contributed by atoms with E-state index in [-0.39, 0.29) is 22.3 Å². The number of hydrogen-bond acceptors (Lipinski definition) is 6. The van der Waals surface area contributed by atoms with Crippen molar-refractivity contribution in [2.24, 2.45) is 0 Å². The van der Waals surface area contributed by atoms with Crippen LogP contribution in [0.4, 0.5) is 26.3 Å². The zero-order valence-electron chi connectivity index (χ0n) is 27.2. The number of alkyl halides is 6. The average molecular weight is 777 g/mol. The Kier molecular flexibility index (Phi) is 8.05. The van der Waals surface area contributed by atoms with Crippen LogP contribution in [0.2, 0.25) is 0 Å². The molecule has 0 spiro atoms. The minimum atomic E-state index is -6.20. The lowest BCUT2D eigenvalue weighted by molar-refractivity contribution is -0.0504. The molecule has 0 aromatic heterocycles. The Labute approximate surface area is 303 Å². The third-order valence-electron chi connectivity index (χ3n) is 9.17. The highest BCUT2D eigenvalue weighted by molar-refractivity contribution is 7.88. The minimum absolute atomic E-state index is 0.00501. The fraction of sp³-hybridized carbons (Fsp3) is 0.0500. The first-order valence-electron chi connectivity index (χ1n) is 16.0. The van der Waals surface area contributed by atoms with Gasteiger partial charge in [-0.1, -0.05) is 115 Å². The van der Waals surface area contributed by atoms with Crippen LogP contribution in [0.15, 0.2) is 133 Å². The second kappa shape index (κ2) is 12.4. The van der Waals surface area contributed by atoms with Crippen molar-refractivity contribution in [2.45, 2.75) is 11.0 Å². The van der Waals surface area contributed by atoms with Gasteiger partial charge in [-0.15, -0.1) is 0 Å². The number of rotatable bonds is 6. The maximum atomic E-state index is 14.0. The third-order valence-corrected chi connectivity index (χ3v) is 11.1. The van der Waals surface area contributed by atoms with E-state index in [1.165, 1.54) is 30.3 Å². The zero-order valence-corrected chi connectivity index (χ0v) is 28.9. The Morgan fingerprint density at radius 3 is 1.19 bits per heavy atom. The molecule has 0 fully saturated rings. The molecule has 6 nitrogen and oxygen atoms in total. The van der Waals surface area contributed by atoms with Gasteiger partial charge in [-0.25, -0.2) is 0 Å². The Morgan fingerprint density at radius 1 is 0.352 bits per heavy atom. The van der Waals surface area contributed by atoms with Crippen LogP contribution in [0.1, 0.15) is 0 Å². The first-order chi connectivity index (χ1) is 25.6. The Hall–Kier alpha value is -5.86. The highest BCUT2D eigenvalue weighted by atomic mass is 32.2. The minimum Gasteiger partial charge on any atom is -0.375 e. The van der Waals surface area contributed by atoms with E-state index in [9.17, 15) is 43.2 Å². The SMILES string of the molecule is O=S(=O)(Oc1ccccc1-c1c2ccccc2c(-c2c(OS(=O)(=O)C(F)(F)F)ccc3c4ccccc4c4ccccc4c23)c2ccccc12)C(F)(F)F. The predicted octanol–water partition coefficient (Wildman–Crippen LogP) is 11.2. The Bertz CT molecular complexity index is 2980. The maximum absolute atomic E-state index is 14.0. The number of hydrogen-bond donors (Lipinski definition) is 0. The van der Waals surface area contributed by atoms with Crippen LogP contribution in [0.25, 0.3) is 76.1 Å². The smallest absolute Gasteiger partial charge is 0.375 e. The number of fused-ring (bicyclic) bond motifs is 8. The van der Waals surface area contributed by atoms with Gasteiger partial charge < -0.3 is 8.37 Å². The molecule has 0 amide bonds. The van der Waals surface area contributed by atoms with Gasteiger partial charge in [0.2, 0.25) is 0 Å². The van der Waals surface area contributed by atoms with Crippen LogP contribution < -0.4 is 8.37 Å². The van der Waals surface area contributed by atoms with Crippen molar-refractivity contribution in [3.8, 4) is 33.8 Å². The summed E-state index contributed by atoms with van der Waals surface area (Å²) in [6.07, 6.45) is 0. The van der Waals surface area contributed by atoms with Crippen LogP contribution in [0, 0.1) is 0 Å². The maximum Gasteiger partial charge on any atom is 0.534 e. The average Bonchev–Trinajstić information content (AvgIpc) is 3.13. The molecule has 0 saturated carbocycles. The van der Waals surface area contributed by atoms with E-state index in [1.807, 2.05) is 24.3 Å². The summed E-state index contributed by atoms with van der Waals surface area (Å²) in [5.74, 6) is -1.25. The van der Waals surface area contributed by atoms with Crippen LogP contribution >= 0.6 is 0 Å². The largest absolute Gasteiger partial charge is 0.534 e. The Morgan fingerprint density at radius 2 is 0.704 bits per heavy atom. The van der Waals surface area contributed by atoms with Crippen molar-refractivity contribution in [3.63, 3.8) is 0 Å². The molecular weight excluding hydrogens is 755 g/mol. The van der Waals surface area contributed by atoms with Crippen molar-refractivity contribution < 1.29 is 51.5 Å². The second-order valence-electron chi connectivity index (χ2n) is 12.3. The third kappa shape index (κ3) is 5.55. The molecule has 0 saturated heterocycles. The van der Waals surface area contributed by atoms with Crippen molar-refractivity contribution in [1.29, 1.82) is 0 Å². The molecule has 0 bridgehead atoms. The zero-order chi connectivity index (χ0) is 38.2. The van der Waals surface area contributed by atoms with Gasteiger partial charge in [0.05, 0.1) is 0 Å². The summed E-state index contributed by atoms with van der Waals surface area (Å²) in [5, 5.41) is 5.13. The van der Waals surface area contributed by atoms with Crippen LogP contribution in [-0.4, -0.2) is 27.9 Å². The molecule has 8 aromatic carbocycles. The van der Waals surface area contributed by atoms with E-state index in [1.54, 1.807) is 72.8 Å². The Balaban J connectivity index is 1.57. The first-order valence-corrected chi connectivity index (χ1v) is 18.8. The molecule has 14 heteroatoms. The van der Waals surface area contributed by atoms with Gasteiger partial charge in [-0.3, -0.25) is 0 Å². The fourth-order valence-electron chi connectivity index (χ4n) is 7.06. The summed E-state index contributed by atoms with van der Waals surface area (Å²) in [6, 6.07) is 35.4. The highest BCUT2D eigenvalue weighted by Crippen LogP contribution is 2.52. The van der Waals surface area contributed by atoms with Gasteiger partial charge in [0, 0.05) is 27.6 Å². The normalized spacial score (nSPS) is 12.9. The van der Waals surface area contributed by atoms with E-state index in [0.29, 0.717) is 37.7 Å². The van der Waals surface area contributed by atoms with Crippen molar-refractivity contribution >= 4 is 74.1 Å². The summed E-state index contributed by atoms with van der Waals surface area (Å²) >= 11 is 0. The van der Waals surface area contributed by atoms with Crippen LogP contribution in [-0.2, 0) is 20.2 Å². The van der Waals surface area contributed by atoms with E-state index in [4.69, 9.17) is 4.18 Å². The van der Waals surface area contributed by atoms with Crippen LogP contribution in [0.5, 0.6) is 11.5 Å². The molecule has 0 unspecified atom stereocenters. The summed E-state index contributed by atoms with van der Waals surface area (Å²) in [7, 11) is -12.3. The lowest BCUT2D eigenvalue weighted by Crippen LogP contribution is -2.28. The molecule has 0 N–H and O–H groups in total. The molecule has 0 aliphatic carbocycles. The number of para-hydroxylation sites is 1. The van der Waals surface area contributed by atoms with Gasteiger partial charge in [-0.2, -0.15) is 43.2 Å². The van der Waals surface area contributed by atoms with Crippen LogP contribution in [0.3, 0.4) is 0 Å². The molecule has 0 aliphatic heterocycles. The van der Waals surface area contributed by atoms with Gasteiger partial charge in [-0.05, 0) is 66.7 Å². The quantitative estimate of drug-likeness (QED) is 0.0549. The molecule has 54 heavy (non-hydrogen) atoms. The molecule has 0 heterocycles. The lowest BCUT2D eigenvalue weighted by Gasteiger charge is -2.23. The summed E-state index contributed by atoms with van der Waals surface area (Å²) in [6.45, 7) is 0. The lowest BCUT2D eigenvalue weighted by atomic mass is 9.82. The van der Waals surface area contributed by atoms with Gasteiger partial charge in [0.25, 0.3) is 0 Å². The molecular formula is C40H22F6O6S2. The fourth-order valence-corrected chi connectivity index (χ4v) is 8.00. The van der Waals surface area contributed by atoms with E-state index >= 15 is 0 Å². The first kappa shape index (κ1) is 35.2. The molecule has 272 valence electrons. The topological polar surface area (TPSA) is 86.7 Å². The van der Waals surface area contributed by atoms with E-state index < -0.39 is 42.8 Å². The number of benzene rings is 8. The van der Waals surface area contributed by atoms with Crippen molar-refractivity contribution in [2.75, 3.05) is 0 Å². The van der Waals surface area contributed by atoms with E-state index in [0.717, 1.165) is 22.2 Å². The summed E-state index contributed by atoms with van der Waals surface area (Å²) < 4.78 is 142. The highest BCUT2D eigenvalue weighted by Gasteiger charge is 2.50. The van der Waals surface area contributed by atoms with Gasteiger partial charge >= 0.3 is 31.3 Å². The second-order valence-corrected chi connectivity index (χ2v) is 15.3. The summed E-state index contributed by atoms with van der Waals surface area (Å²) in [5.41, 5.74) is -11.0. The molecule has 8 aromatic rings. The standard InChI is InChI=1S/C40H22F6O6S2/c41-39(42,43)53(47,48)51-33-20-10-9-19-32(33)35-27-15-5-7-17-29(27)37(30-18-8-6-16-28(30)35)38-34(52-54(49,50)40(44,45)46)22-21-31-25-13-2-1-11-23(25)24-12-3-4-14-26(24)36(31)38/h1-22H. The number of halogens is 6. The monoisotopic (exact) mass is 776 g/mol. The predicted molar refractivity (Wildman–Crippen MR) is 196 cm³/mol. The van der Waals surface area contributed by atoms with E-state index in [2.05, 4.69) is 4.18 Å². The summed E-state index contributed by atoms with van der Waals surface area (Å²) in [4.78, 5) is 0. The molecule has 8 rings (SSSR count). The van der Waals surface area contributed by atoms with Crippen molar-refractivity contribution in [1.82, 2.24) is 0 Å². The van der Waals surface area contributed by atoms with Gasteiger partial charge in [0.15, 0.2) is 11.5 Å². The van der Waals surface area contributed by atoms with Gasteiger partial charge in [0.1, 0.15) is 0 Å². The van der Waals surface area contributed by atoms with Crippen molar-refractivity contribution in [3.05, 3.63) is 133 Å².